The number of nitrogens with zero attached hydrogens (tertiary/aromatic N) is 9. The number of amides is 12. The minimum atomic E-state index is -4.56. The van der Waals surface area contributed by atoms with Crippen LogP contribution in [0.2, 0.25) is 0 Å². The molecule has 0 aromatic rings. The smallest absolute Gasteiger partial charge is 0.375 e. The van der Waals surface area contributed by atoms with Crippen molar-refractivity contribution in [2.45, 2.75) is 253 Å². The zero-order valence-corrected chi connectivity index (χ0v) is 65.3. The molecular weight excluding hydrogens is 1430 g/mol. The van der Waals surface area contributed by atoms with Gasteiger partial charge >= 0.3 is 12.4 Å². The second kappa shape index (κ2) is 38.2. The molecule has 7 aliphatic rings. The van der Waals surface area contributed by atoms with Crippen molar-refractivity contribution < 1.29 is 88.6 Å². The topological polar surface area (TPSA) is 279 Å². The quantitative estimate of drug-likeness (QED) is 0.111. The van der Waals surface area contributed by atoms with Crippen molar-refractivity contribution in [2.24, 2.45) is 41.4 Å². The largest absolute Gasteiger partial charge is 0.393 e. The Morgan fingerprint density at radius 2 is 1.27 bits per heavy atom. The van der Waals surface area contributed by atoms with E-state index in [-0.39, 0.29) is 128 Å². The van der Waals surface area contributed by atoms with Crippen LogP contribution in [0.3, 0.4) is 0 Å². The molecule has 12 atom stereocenters. The summed E-state index contributed by atoms with van der Waals surface area (Å²) >= 11 is 6.41. The van der Waals surface area contributed by atoms with Gasteiger partial charge in [0.2, 0.25) is 70.9 Å². The first-order valence-electron chi connectivity index (χ1n) is 38.5. The van der Waals surface area contributed by atoms with Gasteiger partial charge < -0.3 is 64.8 Å². The molecule has 107 heavy (non-hydrogen) atoms. The summed E-state index contributed by atoms with van der Waals surface area (Å²) in [5.74, 6) is -14.5. The first-order chi connectivity index (χ1) is 50.2. The fraction of sp³-hybridized carbons (Fsp3) is 0.813. The fourth-order valence-corrected chi connectivity index (χ4v) is 17.6. The number of hydrogen-bond donors (Lipinski definition) is 3. The van der Waals surface area contributed by atoms with Crippen LogP contribution in [0.5, 0.6) is 0 Å². The van der Waals surface area contributed by atoms with Crippen molar-refractivity contribution in [3.05, 3.63) is 12.2 Å². The molecule has 3 N–H and O–H groups in total. The lowest BCUT2D eigenvalue weighted by Crippen LogP contribution is -2.65. The van der Waals surface area contributed by atoms with Crippen molar-refractivity contribution in [3.63, 3.8) is 0 Å². The molecule has 4 aliphatic carbocycles. The predicted molar refractivity (Wildman–Crippen MR) is 386 cm³/mol. The van der Waals surface area contributed by atoms with Gasteiger partial charge in [0, 0.05) is 74.8 Å². The summed E-state index contributed by atoms with van der Waals surface area (Å²) < 4.78 is 90.7. The third-order valence-electron chi connectivity index (χ3n) is 23.9. The maximum absolute atomic E-state index is 15.6. The second-order valence-corrected chi connectivity index (χ2v) is 32.6. The average molecular weight is 1540 g/mol. The Bertz CT molecular complexity index is 3180. The zero-order valence-electron chi connectivity index (χ0n) is 64.6. The minimum absolute atomic E-state index is 0.00374. The zero-order chi connectivity index (χ0) is 79.3. The van der Waals surface area contributed by atoms with Crippen molar-refractivity contribution >= 4 is 82.5 Å². The van der Waals surface area contributed by atoms with E-state index in [9.17, 15) is 55.1 Å². The lowest BCUT2D eigenvalue weighted by atomic mass is 9.78. The van der Waals surface area contributed by atoms with Crippen molar-refractivity contribution in [1.29, 1.82) is 0 Å². The number of alkyl halides is 7. The maximum Gasteiger partial charge on any atom is 0.393 e. The van der Waals surface area contributed by atoms with Crippen LogP contribution in [0.1, 0.15) is 182 Å². The third-order valence-corrected chi connectivity index (χ3v) is 24.4. The first-order valence-corrected chi connectivity index (χ1v) is 39.0. The Balaban J connectivity index is 1.32. The minimum Gasteiger partial charge on any atom is -0.375 e. The molecule has 1 spiro atoms. The molecule has 0 radical (unpaired) electrons. The van der Waals surface area contributed by atoms with Crippen LogP contribution in [0, 0.1) is 41.4 Å². The maximum atomic E-state index is 15.6. The number of rotatable bonds is 11. The van der Waals surface area contributed by atoms with E-state index in [1.807, 2.05) is 13.8 Å². The van der Waals surface area contributed by atoms with E-state index in [1.165, 1.54) is 80.9 Å². The molecule has 3 unspecified atom stereocenters. The Kier molecular flexibility index (Phi) is 31.2. The normalized spacial score (nSPS) is 31.1. The summed E-state index contributed by atoms with van der Waals surface area (Å²) in [6.07, 6.45) is -2.67. The van der Waals surface area contributed by atoms with E-state index in [1.54, 1.807) is 26.0 Å². The third kappa shape index (κ3) is 22.0. The first kappa shape index (κ1) is 87.4. The van der Waals surface area contributed by atoms with E-state index < -0.39 is 204 Å². The lowest BCUT2D eigenvalue weighted by molar-refractivity contribution is -0.184. The molecule has 604 valence electrons. The van der Waals surface area contributed by atoms with Crippen LogP contribution in [0.25, 0.3) is 0 Å². The molecule has 2 saturated heterocycles. The second-order valence-electron chi connectivity index (χ2n) is 32.1. The van der Waals surface area contributed by atoms with Crippen LogP contribution in [-0.2, 0) is 62.3 Å². The number of ether oxygens (including phenoxy) is 1. The lowest BCUT2D eigenvalue weighted by Gasteiger charge is -2.42. The van der Waals surface area contributed by atoms with Gasteiger partial charge in [0.25, 0.3) is 0 Å². The summed E-state index contributed by atoms with van der Waals surface area (Å²) in [7, 11) is 11.1. The Morgan fingerprint density at radius 3 is 1.87 bits per heavy atom. The average Bonchev–Trinajstić information content (AvgIpc) is 1.51. The van der Waals surface area contributed by atoms with Gasteiger partial charge in [-0.1, -0.05) is 72.0 Å². The Morgan fingerprint density at radius 1 is 0.636 bits per heavy atom. The van der Waals surface area contributed by atoms with Gasteiger partial charge in [0.05, 0.1) is 44.6 Å². The number of carbonyl (C=O) groups is 12. The number of hydrogen-bond acceptors (Lipinski definition) is 13. The monoisotopic (exact) mass is 1540 g/mol. The Hall–Kier alpha value is -6.79. The standard InChI is InChI=1S/C75H117ClF6N12O13/c1-13-46(4)62-70(104)88(8)43-61(97)90(10)58-44-107-37-20-14-19-35-94(69(58)103)57(40-48-25-29-50(30-26-48)74(77,78)79)68(102)87(7)42-59(95)83-53(32-28-47-27-31-51(52(76)39-47)75(80,81)82)66(100)93-36-21-24-54(93)65(99)85-73(33-17-18-34-73)72(106)92(12)63(49-22-15-16-23-49)71(105)91(11)56(67(101)86(5)6)41-60(96)89(9)55(38-45(2)3)64(98)84-62/h14,20,45-58,62-63H,13,15-19,21-44H2,1-12H3,(H,83,95)(H,84,98)(H,85,99)/b20-14-/t46-,47?,48?,50?,51?,52?,53-,54-,55-,56-,57-,58-,62-,63-/m0/s1. The number of nitrogens with one attached hydrogen (secondary N) is 3. The SMILES string of the molecule is CC[C@H](C)[C@@H]1NC(=O)[C@H](CC(C)C)N(C)C(=O)C[C@@H](C(=O)N(C)C)N(C)C(=O)[C@H](C2CCCC2)N(C)C(=O)C2(CCCC2)NC(=O)[C@@H]2CCCN2C(=O)[C@H](CCC2CCC(C(F)(F)F)C(Cl)C2)NC(=O)CN(C)C(=O)[C@H](CC2CCC(C(F)(F)F)CC2)N2CC/C=C\COC[C@@H](C2=O)N(C)C(=O)CN(C)C1=O. The Labute approximate surface area is 631 Å². The molecule has 0 aromatic carbocycles. The molecule has 32 heteroatoms. The summed E-state index contributed by atoms with van der Waals surface area (Å²) in [5.41, 5.74) is -1.61. The molecule has 0 aromatic heterocycles. The highest BCUT2D eigenvalue weighted by molar-refractivity contribution is 6.21. The molecular formula is C75H117ClF6N12O13. The fourth-order valence-electron chi connectivity index (χ4n) is 17.1. The highest BCUT2D eigenvalue weighted by Gasteiger charge is 2.53. The predicted octanol–water partition coefficient (Wildman–Crippen LogP) is 6.67. The molecule has 3 heterocycles. The van der Waals surface area contributed by atoms with Crippen LogP contribution in [0.15, 0.2) is 12.2 Å². The van der Waals surface area contributed by atoms with Gasteiger partial charge in [-0.3, -0.25) is 57.5 Å². The highest BCUT2D eigenvalue weighted by atomic mass is 35.5. The van der Waals surface area contributed by atoms with E-state index in [4.69, 9.17) is 16.3 Å². The molecule has 25 nitrogen and oxygen atoms in total. The molecule has 12 amide bonds. The number of halogens is 7. The summed E-state index contributed by atoms with van der Waals surface area (Å²) in [4.78, 5) is 192. The summed E-state index contributed by atoms with van der Waals surface area (Å²) in [6.45, 7) is 5.11. The molecule has 4 saturated carbocycles. The highest BCUT2D eigenvalue weighted by Crippen LogP contribution is 2.45. The van der Waals surface area contributed by atoms with Crippen LogP contribution < -0.4 is 16.0 Å². The van der Waals surface area contributed by atoms with Crippen molar-refractivity contribution in [3.8, 4) is 0 Å². The summed E-state index contributed by atoms with van der Waals surface area (Å²) in [6, 6.07) is -10.9. The van der Waals surface area contributed by atoms with Crippen LogP contribution in [0.4, 0.5) is 26.3 Å². The van der Waals surface area contributed by atoms with Crippen molar-refractivity contribution in [1.82, 2.24) is 60.0 Å². The van der Waals surface area contributed by atoms with Gasteiger partial charge in [0.1, 0.15) is 53.9 Å². The van der Waals surface area contributed by atoms with Gasteiger partial charge in [-0.25, -0.2) is 0 Å². The van der Waals surface area contributed by atoms with Gasteiger partial charge in [0.15, 0.2) is 0 Å². The van der Waals surface area contributed by atoms with E-state index in [2.05, 4.69) is 16.0 Å². The summed E-state index contributed by atoms with van der Waals surface area (Å²) in [5, 5.41) is 7.40. The number of likely N-dealkylation sites (N-methyl/N-ethyl adjacent to an activating group) is 7. The van der Waals surface area contributed by atoms with Gasteiger partial charge in [-0.2, -0.15) is 26.3 Å². The van der Waals surface area contributed by atoms with E-state index >= 15 is 28.8 Å². The van der Waals surface area contributed by atoms with E-state index in [0.717, 1.165) is 19.6 Å². The molecule has 3 aliphatic heterocycles. The number of fused-ring (bicyclic) bond motifs is 3. The molecule has 2 bridgehead atoms. The molecule has 7 rings (SSSR count). The van der Waals surface area contributed by atoms with E-state index in [0.29, 0.717) is 44.9 Å². The van der Waals surface area contributed by atoms with Gasteiger partial charge in [-0.15, -0.1) is 11.6 Å². The van der Waals surface area contributed by atoms with Gasteiger partial charge in [-0.05, 0) is 145 Å². The number of carbonyl (C=O) groups excluding carboxylic acids is 12. The van der Waals surface area contributed by atoms with Crippen molar-refractivity contribution in [2.75, 3.05) is 95.8 Å². The molecule has 6 fully saturated rings. The van der Waals surface area contributed by atoms with Crippen LogP contribution >= 0.6 is 11.6 Å². The van der Waals surface area contributed by atoms with Crippen LogP contribution in [-0.4, -0.2) is 282 Å².